The van der Waals surface area contributed by atoms with Crippen LogP contribution < -0.4 is 0 Å². The fourth-order valence-electron chi connectivity index (χ4n) is 1.51. The van der Waals surface area contributed by atoms with Gasteiger partial charge in [-0.05, 0) is 52.0 Å². The van der Waals surface area contributed by atoms with Gasteiger partial charge in [0.2, 0.25) is 0 Å². The van der Waals surface area contributed by atoms with Gasteiger partial charge in [0, 0.05) is 19.0 Å². The lowest BCUT2D eigenvalue weighted by Crippen LogP contribution is -2.00. The summed E-state index contributed by atoms with van der Waals surface area (Å²) in [6.07, 6.45) is -0.615. The molecule has 1 aromatic carbocycles. The second kappa shape index (κ2) is 5.53. The summed E-state index contributed by atoms with van der Waals surface area (Å²) in [5.41, 5.74) is 2.00. The lowest BCUT2D eigenvalue weighted by molar-refractivity contribution is 0.222. The van der Waals surface area contributed by atoms with Crippen molar-refractivity contribution >= 4 is 59.1 Å². The van der Waals surface area contributed by atoms with Gasteiger partial charge in [0.05, 0.1) is 4.88 Å². The summed E-state index contributed by atoms with van der Waals surface area (Å²) in [7, 11) is 0. The molecule has 90 valence electrons. The summed E-state index contributed by atoms with van der Waals surface area (Å²) in [6, 6.07) is 5.90. The van der Waals surface area contributed by atoms with Crippen molar-refractivity contribution in [2.24, 2.45) is 0 Å². The Morgan fingerprint density at radius 2 is 1.82 bits per heavy atom. The Labute approximate surface area is 129 Å². The summed E-state index contributed by atoms with van der Waals surface area (Å²) >= 11 is 12.0. The SMILES string of the molecule is Cc1cc(Br)c(C(O)c2sccc2Br)cc1Br. The third kappa shape index (κ3) is 2.84. The first-order valence-corrected chi connectivity index (χ1v) is 8.13. The van der Waals surface area contributed by atoms with Crippen molar-refractivity contribution in [3.63, 3.8) is 0 Å². The third-order valence-corrected chi connectivity index (χ3v) is 5.93. The lowest BCUT2D eigenvalue weighted by Gasteiger charge is -2.14. The van der Waals surface area contributed by atoms with Crippen molar-refractivity contribution in [3.05, 3.63) is 53.0 Å². The number of hydrogen-bond acceptors (Lipinski definition) is 2. The molecule has 0 amide bonds. The van der Waals surface area contributed by atoms with Gasteiger partial charge in [0.25, 0.3) is 0 Å². The van der Waals surface area contributed by atoms with Crippen LogP contribution in [0.15, 0.2) is 37.0 Å². The first-order chi connectivity index (χ1) is 8.00. The van der Waals surface area contributed by atoms with Gasteiger partial charge in [-0.25, -0.2) is 0 Å². The van der Waals surface area contributed by atoms with Crippen LogP contribution in [0, 0.1) is 6.92 Å². The number of aryl methyl sites for hydroxylation is 1. The number of thiophene rings is 1. The largest absolute Gasteiger partial charge is 0.383 e. The smallest absolute Gasteiger partial charge is 0.115 e. The zero-order valence-corrected chi connectivity index (χ0v) is 14.5. The second-order valence-corrected chi connectivity index (χ2v) is 7.17. The molecule has 0 saturated heterocycles. The number of halogens is 3. The van der Waals surface area contributed by atoms with Crippen LogP contribution in [0.5, 0.6) is 0 Å². The standard InChI is InChI=1S/C12H9Br3OS/c1-6-4-10(15)7(5-9(6)14)11(16)12-8(13)2-3-17-12/h2-5,11,16H,1H3. The van der Waals surface area contributed by atoms with E-state index >= 15 is 0 Å². The predicted octanol–water partition coefficient (Wildman–Crippen LogP) is 5.43. The maximum absolute atomic E-state index is 10.4. The predicted molar refractivity (Wildman–Crippen MR) is 82.7 cm³/mol. The highest BCUT2D eigenvalue weighted by molar-refractivity contribution is 9.11. The first-order valence-electron chi connectivity index (χ1n) is 4.87. The highest BCUT2D eigenvalue weighted by atomic mass is 79.9. The van der Waals surface area contributed by atoms with E-state index in [0.29, 0.717) is 0 Å². The molecule has 0 aliphatic heterocycles. The lowest BCUT2D eigenvalue weighted by atomic mass is 10.1. The van der Waals surface area contributed by atoms with Gasteiger partial charge in [0.15, 0.2) is 0 Å². The van der Waals surface area contributed by atoms with Crippen molar-refractivity contribution in [1.82, 2.24) is 0 Å². The molecular formula is C12H9Br3OS. The highest BCUT2D eigenvalue weighted by Gasteiger charge is 2.18. The highest BCUT2D eigenvalue weighted by Crippen LogP contribution is 2.37. The van der Waals surface area contributed by atoms with Crippen molar-refractivity contribution in [2.75, 3.05) is 0 Å². The van der Waals surface area contributed by atoms with Gasteiger partial charge >= 0.3 is 0 Å². The molecule has 0 saturated carbocycles. The van der Waals surface area contributed by atoms with Crippen LogP contribution in [-0.2, 0) is 0 Å². The Morgan fingerprint density at radius 1 is 1.12 bits per heavy atom. The summed E-state index contributed by atoms with van der Waals surface area (Å²) in [6.45, 7) is 2.02. The van der Waals surface area contributed by atoms with E-state index in [-0.39, 0.29) is 0 Å². The molecule has 17 heavy (non-hydrogen) atoms. The number of rotatable bonds is 2. The fourth-order valence-corrected chi connectivity index (χ4v) is 4.14. The molecule has 1 heterocycles. The van der Waals surface area contributed by atoms with E-state index in [1.165, 1.54) is 11.3 Å². The minimum atomic E-state index is -0.615. The summed E-state index contributed by atoms with van der Waals surface area (Å²) in [4.78, 5) is 0.918. The first kappa shape index (κ1) is 13.7. The minimum Gasteiger partial charge on any atom is -0.383 e. The zero-order valence-electron chi connectivity index (χ0n) is 8.88. The van der Waals surface area contributed by atoms with Crippen molar-refractivity contribution in [3.8, 4) is 0 Å². The van der Waals surface area contributed by atoms with E-state index in [2.05, 4.69) is 47.8 Å². The monoisotopic (exact) mass is 438 g/mol. The van der Waals surface area contributed by atoms with Crippen LogP contribution in [0.3, 0.4) is 0 Å². The molecule has 0 bridgehead atoms. The van der Waals surface area contributed by atoms with E-state index in [9.17, 15) is 5.11 Å². The van der Waals surface area contributed by atoms with Gasteiger partial charge in [-0.2, -0.15) is 0 Å². The van der Waals surface area contributed by atoms with E-state index in [1.807, 2.05) is 30.5 Å². The second-order valence-electron chi connectivity index (χ2n) is 3.66. The Bertz CT molecular complexity index is 551. The topological polar surface area (TPSA) is 20.2 Å². The van der Waals surface area contributed by atoms with E-state index in [4.69, 9.17) is 0 Å². The molecule has 1 nitrogen and oxygen atoms in total. The van der Waals surface area contributed by atoms with Crippen LogP contribution in [0.4, 0.5) is 0 Å². The van der Waals surface area contributed by atoms with E-state index in [0.717, 1.165) is 29.4 Å². The molecule has 2 rings (SSSR count). The summed E-state index contributed by atoms with van der Waals surface area (Å²) in [5, 5.41) is 12.3. The molecule has 0 fully saturated rings. The maximum Gasteiger partial charge on any atom is 0.115 e. The molecule has 1 N–H and O–H groups in total. The normalized spacial score (nSPS) is 12.8. The third-order valence-electron chi connectivity index (χ3n) is 2.47. The molecule has 0 aliphatic rings. The summed E-state index contributed by atoms with van der Waals surface area (Å²) in [5.74, 6) is 0. The van der Waals surface area contributed by atoms with Crippen molar-refractivity contribution in [1.29, 1.82) is 0 Å². The van der Waals surface area contributed by atoms with Gasteiger partial charge in [-0.1, -0.05) is 31.9 Å². The van der Waals surface area contributed by atoms with Gasteiger partial charge in [0.1, 0.15) is 6.10 Å². The van der Waals surface area contributed by atoms with Crippen LogP contribution >= 0.6 is 59.1 Å². The molecular weight excluding hydrogens is 432 g/mol. The van der Waals surface area contributed by atoms with Crippen molar-refractivity contribution in [2.45, 2.75) is 13.0 Å². The Hall–Kier alpha value is 0.320. The Morgan fingerprint density at radius 3 is 2.41 bits per heavy atom. The number of hydrogen-bond donors (Lipinski definition) is 1. The maximum atomic E-state index is 10.4. The molecule has 2 aromatic rings. The minimum absolute atomic E-state index is 0.615. The van der Waals surface area contributed by atoms with E-state index < -0.39 is 6.10 Å². The molecule has 1 atom stereocenters. The van der Waals surface area contributed by atoms with Gasteiger partial charge < -0.3 is 5.11 Å². The van der Waals surface area contributed by atoms with Crippen LogP contribution in [0.2, 0.25) is 0 Å². The molecule has 0 radical (unpaired) electrons. The van der Waals surface area contributed by atoms with Crippen molar-refractivity contribution < 1.29 is 5.11 Å². The van der Waals surface area contributed by atoms with Gasteiger partial charge in [-0.15, -0.1) is 11.3 Å². The molecule has 1 aromatic heterocycles. The summed E-state index contributed by atoms with van der Waals surface area (Å²) < 4.78 is 2.87. The number of aliphatic hydroxyl groups excluding tert-OH is 1. The molecule has 0 spiro atoms. The number of benzene rings is 1. The van der Waals surface area contributed by atoms with Crippen LogP contribution in [0.25, 0.3) is 0 Å². The quantitative estimate of drug-likeness (QED) is 0.660. The molecule has 1 unspecified atom stereocenters. The molecule has 5 heteroatoms. The van der Waals surface area contributed by atoms with Crippen LogP contribution in [-0.4, -0.2) is 5.11 Å². The fraction of sp³-hybridized carbons (Fsp3) is 0.167. The average molecular weight is 441 g/mol. The average Bonchev–Trinajstić information content (AvgIpc) is 2.69. The Kier molecular flexibility index (Phi) is 4.47. The van der Waals surface area contributed by atoms with Crippen LogP contribution in [0.1, 0.15) is 22.1 Å². The molecule has 0 aliphatic carbocycles. The number of aliphatic hydroxyl groups is 1. The zero-order chi connectivity index (χ0) is 12.6. The van der Waals surface area contributed by atoms with Gasteiger partial charge in [-0.3, -0.25) is 0 Å². The Balaban J connectivity index is 2.48. The van der Waals surface area contributed by atoms with E-state index in [1.54, 1.807) is 0 Å².